The van der Waals surface area contributed by atoms with E-state index in [9.17, 15) is 4.79 Å². The third kappa shape index (κ3) is 6.20. The van der Waals surface area contributed by atoms with Crippen molar-refractivity contribution in [2.24, 2.45) is 11.8 Å². The summed E-state index contributed by atoms with van der Waals surface area (Å²) in [7, 11) is 1.45. The Kier molecular flexibility index (Phi) is 7.31. The Balaban J connectivity index is 2.54. The molecule has 3 nitrogen and oxygen atoms in total. The Labute approximate surface area is 122 Å². The van der Waals surface area contributed by atoms with Crippen LogP contribution in [0.4, 0.5) is 0 Å². The second kappa shape index (κ2) is 8.75. The maximum atomic E-state index is 11.9. The summed E-state index contributed by atoms with van der Waals surface area (Å²) in [5.74, 6) is 0.983. The smallest absolute Gasteiger partial charge is 0.322 e. The van der Waals surface area contributed by atoms with Crippen molar-refractivity contribution < 1.29 is 9.53 Å². The van der Waals surface area contributed by atoms with Gasteiger partial charge in [-0.2, -0.15) is 0 Å². The molecule has 20 heavy (non-hydrogen) atoms. The standard InChI is InChI=1S/C17H27NO2/c1-13(2)10-14(3)11-16(17(19)20-4)18-12-15-8-6-5-7-9-15/h5-9,13-14,16,18H,10-12H2,1-4H3. The molecule has 0 aromatic heterocycles. The quantitative estimate of drug-likeness (QED) is 0.740. The molecule has 0 spiro atoms. The molecule has 0 bridgehead atoms. The van der Waals surface area contributed by atoms with E-state index in [4.69, 9.17) is 4.74 Å². The predicted molar refractivity (Wildman–Crippen MR) is 82.3 cm³/mol. The molecule has 112 valence electrons. The first-order valence-corrected chi connectivity index (χ1v) is 7.38. The molecule has 1 aromatic carbocycles. The van der Waals surface area contributed by atoms with Crippen LogP contribution in [0.2, 0.25) is 0 Å². The van der Waals surface area contributed by atoms with E-state index in [2.05, 4.69) is 38.2 Å². The first-order chi connectivity index (χ1) is 9.52. The van der Waals surface area contributed by atoms with E-state index in [0.717, 1.165) is 12.8 Å². The maximum Gasteiger partial charge on any atom is 0.322 e. The summed E-state index contributed by atoms with van der Waals surface area (Å²) < 4.78 is 4.91. The van der Waals surface area contributed by atoms with Crippen molar-refractivity contribution in [1.29, 1.82) is 0 Å². The van der Waals surface area contributed by atoms with Gasteiger partial charge < -0.3 is 10.1 Å². The summed E-state index contributed by atoms with van der Waals surface area (Å²) in [6, 6.07) is 9.88. The van der Waals surface area contributed by atoms with Crippen molar-refractivity contribution in [3.05, 3.63) is 35.9 Å². The van der Waals surface area contributed by atoms with E-state index in [1.165, 1.54) is 12.7 Å². The molecule has 0 heterocycles. The number of benzene rings is 1. The van der Waals surface area contributed by atoms with Crippen molar-refractivity contribution in [3.8, 4) is 0 Å². The third-order valence-electron chi connectivity index (χ3n) is 3.39. The Morgan fingerprint density at radius 3 is 2.35 bits per heavy atom. The van der Waals surface area contributed by atoms with Crippen LogP contribution >= 0.6 is 0 Å². The Hall–Kier alpha value is -1.35. The lowest BCUT2D eigenvalue weighted by atomic mass is 9.92. The number of nitrogens with one attached hydrogen (secondary N) is 1. The van der Waals surface area contributed by atoms with E-state index in [1.54, 1.807) is 0 Å². The molecule has 0 amide bonds. The highest BCUT2D eigenvalue weighted by molar-refractivity contribution is 5.75. The first kappa shape index (κ1) is 16.7. The van der Waals surface area contributed by atoms with Gasteiger partial charge in [0.2, 0.25) is 0 Å². The summed E-state index contributed by atoms with van der Waals surface area (Å²) in [5, 5.41) is 3.32. The molecular weight excluding hydrogens is 250 g/mol. The zero-order chi connectivity index (χ0) is 15.0. The summed E-state index contributed by atoms with van der Waals surface area (Å²) >= 11 is 0. The number of carbonyl (C=O) groups is 1. The second-order valence-electron chi connectivity index (χ2n) is 5.91. The number of rotatable bonds is 8. The fourth-order valence-electron chi connectivity index (χ4n) is 2.55. The summed E-state index contributed by atoms with van der Waals surface area (Å²) in [6.07, 6.45) is 1.94. The van der Waals surface area contributed by atoms with Crippen molar-refractivity contribution in [1.82, 2.24) is 5.32 Å². The van der Waals surface area contributed by atoms with Crippen LogP contribution in [0.25, 0.3) is 0 Å². The van der Waals surface area contributed by atoms with Gasteiger partial charge in [-0.3, -0.25) is 4.79 Å². The average Bonchev–Trinajstić information content (AvgIpc) is 2.42. The predicted octanol–water partition coefficient (Wildman–Crippen LogP) is 3.39. The number of esters is 1. The van der Waals surface area contributed by atoms with Gasteiger partial charge in [-0.25, -0.2) is 0 Å². The summed E-state index contributed by atoms with van der Waals surface area (Å²) in [6.45, 7) is 7.30. The van der Waals surface area contributed by atoms with Gasteiger partial charge in [-0.15, -0.1) is 0 Å². The fraction of sp³-hybridized carbons (Fsp3) is 0.588. The van der Waals surface area contributed by atoms with Crippen LogP contribution in [0.1, 0.15) is 39.2 Å². The topological polar surface area (TPSA) is 38.3 Å². The number of hydrogen-bond acceptors (Lipinski definition) is 3. The minimum Gasteiger partial charge on any atom is -0.468 e. The van der Waals surface area contributed by atoms with Gasteiger partial charge in [0, 0.05) is 6.54 Å². The molecule has 0 saturated carbocycles. The molecule has 1 aromatic rings. The molecule has 0 fully saturated rings. The molecule has 1 N–H and O–H groups in total. The van der Waals surface area contributed by atoms with Crippen LogP contribution in [0.15, 0.2) is 30.3 Å². The zero-order valence-electron chi connectivity index (χ0n) is 13.1. The fourth-order valence-corrected chi connectivity index (χ4v) is 2.55. The molecule has 2 atom stereocenters. The molecule has 0 aliphatic carbocycles. The number of methoxy groups -OCH3 is 1. The van der Waals surface area contributed by atoms with E-state index in [-0.39, 0.29) is 12.0 Å². The van der Waals surface area contributed by atoms with Crippen molar-refractivity contribution >= 4 is 5.97 Å². The largest absolute Gasteiger partial charge is 0.468 e. The van der Waals surface area contributed by atoms with Gasteiger partial charge in [0.25, 0.3) is 0 Å². The number of ether oxygens (including phenoxy) is 1. The van der Waals surface area contributed by atoms with Crippen LogP contribution in [0.5, 0.6) is 0 Å². The molecule has 0 radical (unpaired) electrons. The summed E-state index contributed by atoms with van der Waals surface area (Å²) in [5.41, 5.74) is 1.18. The highest BCUT2D eigenvalue weighted by atomic mass is 16.5. The monoisotopic (exact) mass is 277 g/mol. The molecule has 0 saturated heterocycles. The Morgan fingerprint density at radius 1 is 1.15 bits per heavy atom. The number of hydrogen-bond donors (Lipinski definition) is 1. The van der Waals surface area contributed by atoms with Gasteiger partial charge in [-0.05, 0) is 30.2 Å². The highest BCUT2D eigenvalue weighted by Crippen LogP contribution is 2.17. The molecule has 0 aliphatic rings. The molecule has 2 unspecified atom stereocenters. The van der Waals surface area contributed by atoms with Gasteiger partial charge in [-0.1, -0.05) is 51.1 Å². The molecule has 1 rings (SSSR count). The van der Waals surface area contributed by atoms with Gasteiger partial charge >= 0.3 is 5.97 Å². The molecule has 0 aliphatic heterocycles. The molecule has 3 heteroatoms. The Bertz CT molecular complexity index is 389. The van der Waals surface area contributed by atoms with Crippen molar-refractivity contribution in [3.63, 3.8) is 0 Å². The normalized spacial score (nSPS) is 14.1. The first-order valence-electron chi connectivity index (χ1n) is 7.38. The van der Waals surface area contributed by atoms with E-state index >= 15 is 0 Å². The lowest BCUT2D eigenvalue weighted by molar-refractivity contribution is -0.143. The van der Waals surface area contributed by atoms with Crippen LogP contribution in [-0.4, -0.2) is 19.1 Å². The Morgan fingerprint density at radius 2 is 1.80 bits per heavy atom. The average molecular weight is 277 g/mol. The van der Waals surface area contributed by atoms with E-state index in [1.807, 2.05) is 18.2 Å². The minimum absolute atomic E-state index is 0.170. The zero-order valence-corrected chi connectivity index (χ0v) is 13.1. The van der Waals surface area contributed by atoms with E-state index < -0.39 is 0 Å². The summed E-state index contributed by atoms with van der Waals surface area (Å²) in [4.78, 5) is 11.9. The highest BCUT2D eigenvalue weighted by Gasteiger charge is 2.21. The lowest BCUT2D eigenvalue weighted by Gasteiger charge is -2.21. The maximum absolute atomic E-state index is 11.9. The lowest BCUT2D eigenvalue weighted by Crippen LogP contribution is -2.38. The SMILES string of the molecule is COC(=O)C(CC(C)CC(C)C)NCc1ccccc1. The van der Waals surface area contributed by atoms with Crippen LogP contribution in [-0.2, 0) is 16.1 Å². The van der Waals surface area contributed by atoms with Crippen LogP contribution in [0.3, 0.4) is 0 Å². The van der Waals surface area contributed by atoms with Gasteiger partial charge in [0.15, 0.2) is 0 Å². The van der Waals surface area contributed by atoms with Crippen molar-refractivity contribution in [2.45, 2.75) is 46.2 Å². The van der Waals surface area contributed by atoms with Gasteiger partial charge in [0.05, 0.1) is 7.11 Å². The second-order valence-corrected chi connectivity index (χ2v) is 5.91. The van der Waals surface area contributed by atoms with Crippen LogP contribution < -0.4 is 5.32 Å². The van der Waals surface area contributed by atoms with E-state index in [0.29, 0.717) is 18.4 Å². The number of carbonyl (C=O) groups excluding carboxylic acids is 1. The molecular formula is C17H27NO2. The minimum atomic E-state index is -0.228. The third-order valence-corrected chi connectivity index (χ3v) is 3.39. The van der Waals surface area contributed by atoms with Crippen molar-refractivity contribution in [2.75, 3.05) is 7.11 Å². The van der Waals surface area contributed by atoms with Crippen LogP contribution in [0, 0.1) is 11.8 Å². The van der Waals surface area contributed by atoms with Gasteiger partial charge in [0.1, 0.15) is 6.04 Å².